The van der Waals surface area contributed by atoms with E-state index in [1.165, 1.54) is 7.05 Å². The van der Waals surface area contributed by atoms with Crippen molar-refractivity contribution in [1.82, 2.24) is 5.06 Å². The molecule has 0 amide bonds. The number of allylic oxidation sites excluding steroid dienone is 1. The first-order valence-corrected chi connectivity index (χ1v) is 2.86. The average Bonchev–Trinajstić information content (AvgIpc) is 2.10. The number of hydroxylamine groups is 4. The van der Waals surface area contributed by atoms with Gasteiger partial charge < -0.3 is 5.21 Å². The predicted octanol–water partition coefficient (Wildman–Crippen LogP) is -1.23. The molecule has 1 atom stereocenters. The molecule has 5 nitrogen and oxygen atoms in total. The zero-order valence-corrected chi connectivity index (χ0v) is 5.88. The van der Waals surface area contributed by atoms with E-state index in [-0.39, 0.29) is 5.70 Å². The van der Waals surface area contributed by atoms with E-state index in [1.54, 1.807) is 0 Å². The molecule has 0 saturated carbocycles. The molecule has 6 heteroatoms. The van der Waals surface area contributed by atoms with Crippen LogP contribution < -0.4 is 5.23 Å². The molecule has 1 N–H and O–H groups in total. The Morgan fingerprint density at radius 3 is 2.80 bits per heavy atom. The van der Waals surface area contributed by atoms with E-state index < -0.39 is 10.5 Å². The molecule has 56 valence electrons. The lowest BCUT2D eigenvalue weighted by atomic mass is 10.5. The summed E-state index contributed by atoms with van der Waals surface area (Å²) in [6.45, 7) is 0. The van der Waals surface area contributed by atoms with Crippen LogP contribution >= 0.6 is 11.6 Å². The number of nitrogens with zero attached hydrogens (tertiary/aromatic N) is 1. The molecule has 0 saturated heterocycles. The maximum atomic E-state index is 10.4. The molecule has 10 heavy (non-hydrogen) atoms. The van der Waals surface area contributed by atoms with Gasteiger partial charge in [-0.3, -0.25) is 4.79 Å². The molecule has 1 unspecified atom stereocenters. The first-order valence-electron chi connectivity index (χ1n) is 2.48. The van der Waals surface area contributed by atoms with Gasteiger partial charge in [0.15, 0.2) is 11.9 Å². The number of quaternary nitrogens is 1. The predicted molar refractivity (Wildman–Crippen MR) is 32.1 cm³/mol. The maximum Gasteiger partial charge on any atom is 0.276 e. The SMILES string of the molecule is CN1O[NH+]([O-])C=C1C(=O)Cl. The fourth-order valence-corrected chi connectivity index (χ4v) is 0.767. The summed E-state index contributed by atoms with van der Waals surface area (Å²) in [6.07, 6.45) is 1.04. The van der Waals surface area contributed by atoms with Gasteiger partial charge in [0.2, 0.25) is 0 Å². The number of carbonyl (C=O) groups excluding carboxylic acids is 1. The molecule has 0 bridgehead atoms. The summed E-state index contributed by atoms with van der Waals surface area (Å²) in [4.78, 5) is 14.9. The number of hydrogen-bond donors (Lipinski definition) is 1. The quantitative estimate of drug-likeness (QED) is 0.390. The van der Waals surface area contributed by atoms with Gasteiger partial charge in [-0.1, -0.05) is 4.94 Å². The van der Waals surface area contributed by atoms with Crippen molar-refractivity contribution in [3.63, 3.8) is 0 Å². The van der Waals surface area contributed by atoms with Crippen LogP contribution in [0.4, 0.5) is 0 Å². The number of halogens is 1. The molecule has 0 radical (unpaired) electrons. The van der Waals surface area contributed by atoms with E-state index in [0.717, 1.165) is 11.3 Å². The maximum absolute atomic E-state index is 10.4. The molecule has 0 fully saturated rings. The highest BCUT2D eigenvalue weighted by Gasteiger charge is 2.23. The first kappa shape index (κ1) is 7.49. The second kappa shape index (κ2) is 2.55. The highest BCUT2D eigenvalue weighted by atomic mass is 35.5. The van der Waals surface area contributed by atoms with Crippen LogP contribution in [0.25, 0.3) is 0 Å². The number of rotatable bonds is 1. The highest BCUT2D eigenvalue weighted by molar-refractivity contribution is 6.67. The van der Waals surface area contributed by atoms with Crippen molar-refractivity contribution in [2.45, 2.75) is 0 Å². The fraction of sp³-hybridized carbons (Fsp3) is 0.250. The monoisotopic (exact) mass is 164 g/mol. The third-order valence-corrected chi connectivity index (χ3v) is 1.22. The van der Waals surface area contributed by atoms with Gasteiger partial charge in [0, 0.05) is 7.05 Å². The Labute approximate surface area is 61.9 Å². The van der Waals surface area contributed by atoms with Crippen molar-refractivity contribution in [3.05, 3.63) is 17.1 Å². The Morgan fingerprint density at radius 1 is 2.00 bits per heavy atom. The second-order valence-corrected chi connectivity index (χ2v) is 2.05. The van der Waals surface area contributed by atoms with E-state index in [0.29, 0.717) is 0 Å². The largest absolute Gasteiger partial charge is 0.593 e. The van der Waals surface area contributed by atoms with Gasteiger partial charge in [0.25, 0.3) is 5.24 Å². The van der Waals surface area contributed by atoms with E-state index in [1.807, 2.05) is 0 Å². The van der Waals surface area contributed by atoms with Crippen LogP contribution in [0, 0.1) is 5.21 Å². The smallest absolute Gasteiger partial charge is 0.276 e. The molecule has 0 aromatic rings. The molecular formula is C4H5ClN2O3. The van der Waals surface area contributed by atoms with Crippen LogP contribution in [0.5, 0.6) is 0 Å². The van der Waals surface area contributed by atoms with Crippen molar-refractivity contribution >= 4 is 16.8 Å². The molecular weight excluding hydrogens is 160 g/mol. The van der Waals surface area contributed by atoms with Gasteiger partial charge in [-0.2, -0.15) is 10.3 Å². The minimum absolute atomic E-state index is 0.0617. The lowest BCUT2D eigenvalue weighted by Crippen LogP contribution is -3.00. The minimum atomic E-state index is -0.701. The van der Waals surface area contributed by atoms with Gasteiger partial charge in [0.1, 0.15) is 0 Å². The Balaban J connectivity index is 2.75. The highest BCUT2D eigenvalue weighted by Crippen LogP contribution is 2.05. The van der Waals surface area contributed by atoms with Crippen molar-refractivity contribution in [1.29, 1.82) is 0 Å². The van der Waals surface area contributed by atoms with E-state index in [9.17, 15) is 10.0 Å². The van der Waals surface area contributed by atoms with Crippen molar-refractivity contribution in [2.24, 2.45) is 0 Å². The molecule has 0 aromatic heterocycles. The average molecular weight is 165 g/mol. The van der Waals surface area contributed by atoms with E-state index in [4.69, 9.17) is 11.6 Å². The molecule has 1 heterocycles. The van der Waals surface area contributed by atoms with Crippen molar-refractivity contribution < 1.29 is 15.0 Å². The van der Waals surface area contributed by atoms with Crippen LogP contribution in [0.1, 0.15) is 0 Å². The van der Waals surface area contributed by atoms with Gasteiger partial charge >= 0.3 is 0 Å². The van der Waals surface area contributed by atoms with Crippen LogP contribution in [0.3, 0.4) is 0 Å². The number of carbonyl (C=O) groups is 1. The topological polar surface area (TPSA) is 57.0 Å². The number of hydrogen-bond acceptors (Lipinski definition) is 4. The van der Waals surface area contributed by atoms with Crippen LogP contribution in [-0.2, 0) is 9.73 Å². The van der Waals surface area contributed by atoms with Gasteiger partial charge in [-0.05, 0) is 11.6 Å². The summed E-state index contributed by atoms with van der Waals surface area (Å²) >= 11 is 5.06. The van der Waals surface area contributed by atoms with Gasteiger partial charge in [0.05, 0.1) is 0 Å². The minimum Gasteiger partial charge on any atom is -0.593 e. The van der Waals surface area contributed by atoms with Gasteiger partial charge in [-0.25, -0.2) is 0 Å². The molecule has 1 rings (SSSR count). The summed E-state index contributed by atoms with van der Waals surface area (Å²) in [5.74, 6) is 0. The Morgan fingerprint density at radius 2 is 2.60 bits per heavy atom. The first-order chi connectivity index (χ1) is 4.61. The van der Waals surface area contributed by atoms with Crippen LogP contribution in [0.15, 0.2) is 11.9 Å². The zero-order valence-electron chi connectivity index (χ0n) is 5.13. The standard InChI is InChI=1S/C4H5ClN2O3/c1-6-3(4(5)8)2-7(9)10-6/h2,7H,1H3. The van der Waals surface area contributed by atoms with E-state index >= 15 is 0 Å². The third-order valence-electron chi connectivity index (χ3n) is 1.02. The number of nitrogens with one attached hydrogen (secondary N) is 1. The van der Waals surface area contributed by atoms with Crippen LogP contribution in [0.2, 0.25) is 0 Å². The third kappa shape index (κ3) is 1.27. The second-order valence-electron chi connectivity index (χ2n) is 1.71. The summed E-state index contributed by atoms with van der Waals surface area (Å²) in [5, 5.41) is 10.2. The Bertz CT molecular complexity index is 193. The fourth-order valence-electron chi connectivity index (χ4n) is 0.594. The summed E-state index contributed by atoms with van der Waals surface area (Å²) < 4.78 is 0. The lowest BCUT2D eigenvalue weighted by molar-refractivity contribution is -1.03. The number of likely N-dealkylation sites (N-methyl/N-ethyl adjacent to an activating group) is 1. The van der Waals surface area contributed by atoms with Crippen LogP contribution in [-0.4, -0.2) is 17.4 Å². The Hall–Kier alpha value is -0.620. The summed E-state index contributed by atoms with van der Waals surface area (Å²) in [6, 6.07) is 0. The van der Waals surface area contributed by atoms with Crippen molar-refractivity contribution in [2.75, 3.05) is 7.05 Å². The van der Waals surface area contributed by atoms with Crippen molar-refractivity contribution in [3.8, 4) is 0 Å². The van der Waals surface area contributed by atoms with E-state index in [2.05, 4.69) is 4.94 Å². The normalized spacial score (nSPS) is 24.9. The van der Waals surface area contributed by atoms with Gasteiger partial charge in [-0.15, -0.1) is 0 Å². The molecule has 1 aliphatic rings. The molecule has 0 aromatic carbocycles. The lowest BCUT2D eigenvalue weighted by Gasteiger charge is -2.11. The summed E-state index contributed by atoms with van der Waals surface area (Å²) in [5.41, 5.74) is 0.0617. The summed E-state index contributed by atoms with van der Waals surface area (Å²) in [7, 11) is 1.43. The Kier molecular flexibility index (Phi) is 1.91. The molecule has 0 aliphatic carbocycles. The molecule has 0 spiro atoms. The zero-order chi connectivity index (χ0) is 7.72. The molecule has 1 aliphatic heterocycles.